The van der Waals surface area contributed by atoms with Crippen LogP contribution in [0, 0.1) is 5.92 Å². The molecule has 5 heteroatoms. The molecule has 1 saturated heterocycles. The first-order valence-electron chi connectivity index (χ1n) is 9.59. The Bertz CT molecular complexity index is 626. The summed E-state index contributed by atoms with van der Waals surface area (Å²) in [6, 6.07) is 2.49. The molecular formula is C20H29NO3S. The highest BCUT2D eigenvalue weighted by atomic mass is 32.1. The van der Waals surface area contributed by atoms with Crippen molar-refractivity contribution in [2.45, 2.75) is 69.7 Å². The number of Topliss-reactive ketones (excluding diaryl/α,β-unsaturated/α-hetero) is 1. The van der Waals surface area contributed by atoms with E-state index in [0.29, 0.717) is 12.1 Å². The smallest absolute Gasteiger partial charge is 0.169 e. The number of methoxy groups -OCH3 is 1. The maximum Gasteiger partial charge on any atom is 0.169 e. The van der Waals surface area contributed by atoms with Crippen LogP contribution in [0.5, 0.6) is 0 Å². The van der Waals surface area contributed by atoms with Crippen molar-refractivity contribution in [3.05, 3.63) is 21.9 Å². The molecule has 3 aliphatic rings. The van der Waals surface area contributed by atoms with Gasteiger partial charge in [0.15, 0.2) is 5.78 Å². The van der Waals surface area contributed by atoms with E-state index in [1.165, 1.54) is 18.4 Å². The highest BCUT2D eigenvalue weighted by Gasteiger charge is 2.51. The Balaban J connectivity index is 1.43. The highest BCUT2D eigenvalue weighted by molar-refractivity contribution is 7.12. The van der Waals surface area contributed by atoms with Gasteiger partial charge in [0.2, 0.25) is 0 Å². The number of carbonyl (C=O) groups excluding carboxylic acids is 1. The molecule has 0 amide bonds. The minimum Gasteiger partial charge on any atom is -0.378 e. The van der Waals surface area contributed by atoms with Crippen molar-refractivity contribution in [2.24, 2.45) is 5.92 Å². The maximum absolute atomic E-state index is 11.6. The number of carbonyl (C=O) groups is 1. The predicted molar refractivity (Wildman–Crippen MR) is 99.2 cm³/mol. The normalized spacial score (nSPS) is 32.7. The van der Waals surface area contributed by atoms with Gasteiger partial charge in [0, 0.05) is 32.8 Å². The van der Waals surface area contributed by atoms with Crippen molar-refractivity contribution in [3.8, 4) is 0 Å². The molecule has 3 unspecified atom stereocenters. The lowest BCUT2D eigenvalue weighted by molar-refractivity contribution is -0.103. The predicted octanol–water partition coefficient (Wildman–Crippen LogP) is 3.89. The van der Waals surface area contributed by atoms with E-state index in [4.69, 9.17) is 9.47 Å². The van der Waals surface area contributed by atoms with Crippen molar-refractivity contribution >= 4 is 17.1 Å². The molecule has 3 atom stereocenters. The highest BCUT2D eigenvalue weighted by Crippen LogP contribution is 2.44. The molecule has 1 aromatic rings. The number of ketones is 1. The van der Waals surface area contributed by atoms with Gasteiger partial charge < -0.3 is 9.47 Å². The monoisotopic (exact) mass is 363 g/mol. The molecule has 138 valence electrons. The topological polar surface area (TPSA) is 38.8 Å². The van der Waals surface area contributed by atoms with Crippen LogP contribution >= 0.6 is 11.3 Å². The molecule has 0 radical (unpaired) electrons. The van der Waals surface area contributed by atoms with Crippen molar-refractivity contribution in [1.82, 2.24) is 4.90 Å². The molecule has 2 saturated carbocycles. The third-order valence-electron chi connectivity index (χ3n) is 6.30. The first-order chi connectivity index (χ1) is 12.1. The Labute approximate surface area is 154 Å². The summed E-state index contributed by atoms with van der Waals surface area (Å²) in [6.07, 6.45) is 7.48. The lowest BCUT2D eigenvalue weighted by Gasteiger charge is -2.43. The number of fused-ring (bicyclic) bond motifs is 1. The molecule has 0 spiro atoms. The first-order valence-corrected chi connectivity index (χ1v) is 10.5. The fraction of sp³-hybridized carbons (Fsp3) is 0.750. The third-order valence-corrected chi connectivity index (χ3v) is 7.38. The van der Waals surface area contributed by atoms with Gasteiger partial charge in [-0.15, -0.1) is 11.3 Å². The Morgan fingerprint density at radius 3 is 2.88 bits per heavy atom. The molecule has 0 bridgehead atoms. The maximum atomic E-state index is 11.6. The number of rotatable bonds is 7. The molecule has 4 nitrogen and oxygen atoms in total. The van der Waals surface area contributed by atoms with Crippen LogP contribution in [0.4, 0.5) is 0 Å². The first kappa shape index (κ1) is 17.7. The van der Waals surface area contributed by atoms with Gasteiger partial charge in [0.25, 0.3) is 0 Å². The molecule has 4 rings (SSSR count). The summed E-state index contributed by atoms with van der Waals surface area (Å²) in [4.78, 5) is 15.0. The van der Waals surface area contributed by atoms with Crippen LogP contribution in [0.25, 0.3) is 0 Å². The molecule has 2 heterocycles. The Kier molecular flexibility index (Phi) is 5.02. The van der Waals surface area contributed by atoms with Gasteiger partial charge in [-0.1, -0.05) is 0 Å². The number of thiophene rings is 1. The average Bonchev–Trinajstić information content (AvgIpc) is 3.21. The van der Waals surface area contributed by atoms with Crippen LogP contribution in [0.1, 0.15) is 60.7 Å². The van der Waals surface area contributed by atoms with Gasteiger partial charge in [-0.3, -0.25) is 9.69 Å². The van der Waals surface area contributed by atoms with E-state index in [9.17, 15) is 4.79 Å². The van der Waals surface area contributed by atoms with Crippen molar-refractivity contribution < 1.29 is 14.3 Å². The second kappa shape index (κ2) is 7.10. The van der Waals surface area contributed by atoms with E-state index in [1.54, 1.807) is 18.3 Å². The minimum atomic E-state index is -0.00112. The van der Waals surface area contributed by atoms with Crippen molar-refractivity contribution in [3.63, 3.8) is 0 Å². The zero-order valence-corrected chi connectivity index (χ0v) is 16.1. The fourth-order valence-electron chi connectivity index (χ4n) is 4.53. The van der Waals surface area contributed by atoms with E-state index >= 15 is 0 Å². The number of hydrogen-bond acceptors (Lipinski definition) is 5. The van der Waals surface area contributed by atoms with Crippen LogP contribution in [-0.4, -0.2) is 48.7 Å². The van der Waals surface area contributed by atoms with Crippen LogP contribution < -0.4 is 0 Å². The number of likely N-dealkylation sites (tertiary alicyclic amines) is 1. The minimum absolute atomic E-state index is 0.00112. The van der Waals surface area contributed by atoms with Gasteiger partial charge in [-0.2, -0.15) is 0 Å². The zero-order chi connectivity index (χ0) is 17.4. The van der Waals surface area contributed by atoms with Gasteiger partial charge in [-0.05, 0) is 68.4 Å². The fourth-order valence-corrected chi connectivity index (χ4v) is 5.34. The summed E-state index contributed by atoms with van der Waals surface area (Å²) in [6.45, 7) is 4.57. The molecule has 25 heavy (non-hydrogen) atoms. The molecule has 3 fully saturated rings. The number of hydrogen-bond donors (Lipinski definition) is 0. The Morgan fingerprint density at radius 2 is 2.20 bits per heavy atom. The van der Waals surface area contributed by atoms with Gasteiger partial charge in [0.05, 0.1) is 16.6 Å². The lowest BCUT2D eigenvalue weighted by Crippen LogP contribution is -2.51. The molecule has 1 aromatic heterocycles. The SMILES string of the molecule is COC12CCC(OCC3CC3)CC1N(Cc1csc(C(C)=O)c1)CC2. The lowest BCUT2D eigenvalue weighted by atomic mass is 9.79. The van der Waals surface area contributed by atoms with E-state index < -0.39 is 0 Å². The summed E-state index contributed by atoms with van der Waals surface area (Å²) in [5.41, 5.74) is 1.25. The average molecular weight is 364 g/mol. The van der Waals surface area contributed by atoms with Crippen LogP contribution in [0.15, 0.2) is 11.4 Å². The van der Waals surface area contributed by atoms with Gasteiger partial charge in [-0.25, -0.2) is 0 Å². The summed E-state index contributed by atoms with van der Waals surface area (Å²) in [7, 11) is 1.88. The number of nitrogens with zero attached hydrogens (tertiary/aromatic N) is 1. The van der Waals surface area contributed by atoms with E-state index in [2.05, 4.69) is 16.3 Å². The molecule has 1 aliphatic heterocycles. The second-order valence-corrected chi connectivity index (χ2v) is 8.96. The van der Waals surface area contributed by atoms with Crippen LogP contribution in [0.3, 0.4) is 0 Å². The molecule has 2 aliphatic carbocycles. The van der Waals surface area contributed by atoms with E-state index in [0.717, 1.165) is 56.2 Å². The molecule has 0 aromatic carbocycles. The quantitative estimate of drug-likeness (QED) is 0.689. The van der Waals surface area contributed by atoms with Crippen LogP contribution in [0.2, 0.25) is 0 Å². The second-order valence-electron chi connectivity index (χ2n) is 8.05. The summed E-state index contributed by atoms with van der Waals surface area (Å²) in [5, 5.41) is 2.13. The van der Waals surface area contributed by atoms with Crippen molar-refractivity contribution in [2.75, 3.05) is 20.3 Å². The Morgan fingerprint density at radius 1 is 1.36 bits per heavy atom. The zero-order valence-electron chi connectivity index (χ0n) is 15.3. The van der Waals surface area contributed by atoms with E-state index in [1.807, 2.05) is 7.11 Å². The van der Waals surface area contributed by atoms with Crippen molar-refractivity contribution in [1.29, 1.82) is 0 Å². The standard InChI is InChI=1S/C20H29NO3S/c1-14(22)18-9-16(13-25-18)11-21-8-7-20(23-2)6-5-17(10-19(20)21)24-12-15-3-4-15/h9,13,15,17,19H,3-8,10-12H2,1-2H3. The van der Waals surface area contributed by atoms with Gasteiger partial charge in [0.1, 0.15) is 0 Å². The third kappa shape index (κ3) is 3.70. The van der Waals surface area contributed by atoms with Gasteiger partial charge >= 0.3 is 0 Å². The molecule has 0 N–H and O–H groups in total. The largest absolute Gasteiger partial charge is 0.378 e. The van der Waals surface area contributed by atoms with E-state index in [-0.39, 0.29) is 11.4 Å². The van der Waals surface area contributed by atoms with Crippen LogP contribution in [-0.2, 0) is 16.0 Å². The Hall–Kier alpha value is -0.750. The molecular weight excluding hydrogens is 334 g/mol. The summed E-state index contributed by atoms with van der Waals surface area (Å²) >= 11 is 1.56. The summed E-state index contributed by atoms with van der Waals surface area (Å²) < 4.78 is 12.3. The number of ether oxygens (including phenoxy) is 2. The summed E-state index contributed by atoms with van der Waals surface area (Å²) in [5.74, 6) is 0.986.